The minimum Gasteiger partial charge on any atom is -0.253 e. The van der Waals surface area contributed by atoms with Crippen LogP contribution in [0.4, 0.5) is 0 Å². The number of nitrogens with zero attached hydrogens (tertiary/aromatic N) is 3. The lowest BCUT2D eigenvalue weighted by molar-refractivity contribution is 0.527. The van der Waals surface area contributed by atoms with E-state index in [1.807, 2.05) is 16.8 Å². The molecule has 2 heterocycles. The normalized spacial score (nSPS) is 10.6. The third kappa shape index (κ3) is 1.83. The second-order valence-electron chi connectivity index (χ2n) is 3.20. The lowest BCUT2D eigenvalue weighted by Gasteiger charge is -2.05. The molecule has 2 aromatic heterocycles. The molecule has 0 aliphatic carbocycles. The van der Waals surface area contributed by atoms with Crippen molar-refractivity contribution in [2.45, 2.75) is 19.9 Å². The lowest BCUT2D eigenvalue weighted by Crippen LogP contribution is -2.02. The predicted molar refractivity (Wildman–Crippen MR) is 65.9 cm³/mol. The average molecular weight is 321 g/mol. The van der Waals surface area contributed by atoms with Crippen LogP contribution in [-0.4, -0.2) is 14.8 Å². The molecule has 0 bridgehead atoms. The first-order valence-corrected chi connectivity index (χ1v) is 4.98. The van der Waals surface area contributed by atoms with E-state index in [1.165, 1.54) is 0 Å². The number of rotatable bonds is 1. The van der Waals surface area contributed by atoms with Crippen molar-refractivity contribution in [1.29, 1.82) is 0 Å². The Labute approximate surface area is 101 Å². The van der Waals surface area contributed by atoms with Gasteiger partial charge in [0.05, 0.1) is 0 Å². The van der Waals surface area contributed by atoms with E-state index in [0.29, 0.717) is 6.04 Å². The molecule has 3 nitrogen and oxygen atoms in total. The van der Waals surface area contributed by atoms with E-state index in [0.717, 1.165) is 15.6 Å². The van der Waals surface area contributed by atoms with E-state index >= 15 is 0 Å². The van der Waals surface area contributed by atoms with Crippen molar-refractivity contribution in [3.63, 3.8) is 0 Å². The van der Waals surface area contributed by atoms with Crippen molar-refractivity contribution in [1.82, 2.24) is 14.8 Å². The number of halogens is 2. The molecule has 0 amide bonds. The van der Waals surface area contributed by atoms with Gasteiger partial charge in [-0.3, -0.25) is 9.67 Å². The number of fused-ring (bicyclic) bond motifs is 1. The zero-order valence-corrected chi connectivity index (χ0v) is 11.2. The first kappa shape index (κ1) is 11.7. The highest BCUT2D eigenvalue weighted by molar-refractivity contribution is 9.10. The molecule has 0 aliphatic heterocycles. The van der Waals surface area contributed by atoms with Gasteiger partial charge in [0.25, 0.3) is 0 Å². The highest BCUT2D eigenvalue weighted by Gasteiger charge is 2.10. The van der Waals surface area contributed by atoms with Gasteiger partial charge in [0.2, 0.25) is 0 Å². The molecule has 0 aliphatic rings. The largest absolute Gasteiger partial charge is 0.253 e. The van der Waals surface area contributed by atoms with Gasteiger partial charge in [-0.05, 0) is 41.9 Å². The topological polar surface area (TPSA) is 30.7 Å². The van der Waals surface area contributed by atoms with Gasteiger partial charge < -0.3 is 0 Å². The average Bonchev–Trinajstić information content (AvgIpc) is 2.45. The Hall–Kier alpha value is -0.420. The fourth-order valence-electron chi connectivity index (χ4n) is 1.25. The summed E-state index contributed by atoms with van der Waals surface area (Å²) in [4.78, 5) is 4.25. The second-order valence-corrected chi connectivity index (χ2v) is 3.95. The van der Waals surface area contributed by atoms with Crippen LogP contribution in [0.3, 0.4) is 0 Å². The molecule has 0 saturated heterocycles. The Morgan fingerprint density at radius 1 is 1.43 bits per heavy atom. The van der Waals surface area contributed by atoms with Gasteiger partial charge in [-0.25, -0.2) is 0 Å². The molecule has 0 N–H and O–H groups in total. The van der Waals surface area contributed by atoms with Crippen LogP contribution in [-0.2, 0) is 0 Å². The Balaban J connectivity index is 0.000000980. The maximum absolute atomic E-state index is 4.42. The number of hydrogen-bond donors (Lipinski definition) is 0. The van der Waals surface area contributed by atoms with Crippen LogP contribution in [0, 0.1) is 0 Å². The lowest BCUT2D eigenvalue weighted by atomic mass is 10.4. The summed E-state index contributed by atoms with van der Waals surface area (Å²) in [5.41, 5.74) is 1.86. The van der Waals surface area contributed by atoms with E-state index in [-0.39, 0.29) is 17.0 Å². The molecular formula is C9H11Br2N3. The van der Waals surface area contributed by atoms with Crippen molar-refractivity contribution in [3.05, 3.63) is 22.9 Å². The van der Waals surface area contributed by atoms with Crippen molar-refractivity contribution in [3.8, 4) is 0 Å². The van der Waals surface area contributed by atoms with Crippen LogP contribution >= 0.6 is 32.9 Å². The first-order chi connectivity index (χ1) is 6.20. The highest BCUT2D eigenvalue weighted by Crippen LogP contribution is 2.23. The Morgan fingerprint density at radius 2 is 2.14 bits per heavy atom. The number of hydrogen-bond acceptors (Lipinski definition) is 2. The van der Waals surface area contributed by atoms with Crippen LogP contribution in [0.2, 0.25) is 0 Å². The van der Waals surface area contributed by atoms with Crippen molar-refractivity contribution < 1.29 is 0 Å². The zero-order chi connectivity index (χ0) is 9.42. The van der Waals surface area contributed by atoms with Gasteiger partial charge in [-0.15, -0.1) is 17.0 Å². The van der Waals surface area contributed by atoms with Crippen LogP contribution in [0.15, 0.2) is 22.9 Å². The summed E-state index contributed by atoms with van der Waals surface area (Å²) in [6, 6.07) is 4.21. The molecule has 2 aromatic rings. The van der Waals surface area contributed by atoms with Crippen molar-refractivity contribution in [2.75, 3.05) is 0 Å². The second kappa shape index (κ2) is 4.40. The fourth-order valence-corrected chi connectivity index (χ4v) is 2.04. The van der Waals surface area contributed by atoms with Crippen LogP contribution in [0.1, 0.15) is 19.9 Å². The van der Waals surface area contributed by atoms with Crippen LogP contribution in [0.25, 0.3) is 11.0 Å². The third-order valence-electron chi connectivity index (χ3n) is 1.89. The van der Waals surface area contributed by atoms with E-state index in [9.17, 15) is 0 Å². The molecule has 0 saturated carbocycles. The summed E-state index contributed by atoms with van der Waals surface area (Å²) in [5, 5.41) is 4.42. The van der Waals surface area contributed by atoms with E-state index in [2.05, 4.69) is 39.9 Å². The summed E-state index contributed by atoms with van der Waals surface area (Å²) in [6.07, 6.45) is 1.78. The van der Waals surface area contributed by atoms with Gasteiger partial charge in [0, 0.05) is 12.2 Å². The molecule has 5 heteroatoms. The molecule has 0 unspecified atom stereocenters. The fraction of sp³-hybridized carbons (Fsp3) is 0.333. The quantitative estimate of drug-likeness (QED) is 0.806. The van der Waals surface area contributed by atoms with Gasteiger partial charge in [-0.2, -0.15) is 5.10 Å². The molecule has 0 radical (unpaired) electrons. The zero-order valence-electron chi connectivity index (χ0n) is 7.94. The first-order valence-electron chi connectivity index (χ1n) is 4.19. The molecule has 14 heavy (non-hydrogen) atoms. The third-order valence-corrected chi connectivity index (χ3v) is 2.63. The van der Waals surface area contributed by atoms with Crippen molar-refractivity contribution >= 4 is 43.9 Å². The van der Waals surface area contributed by atoms with Gasteiger partial charge in [0.1, 0.15) is 15.6 Å². The maximum Gasteiger partial charge on any atom is 0.130 e. The molecule has 76 valence electrons. The van der Waals surface area contributed by atoms with Crippen LogP contribution in [0.5, 0.6) is 0 Å². The van der Waals surface area contributed by atoms with E-state index in [4.69, 9.17) is 0 Å². The number of pyridine rings is 1. The summed E-state index contributed by atoms with van der Waals surface area (Å²) in [5.74, 6) is 0. The maximum atomic E-state index is 4.42. The Kier molecular flexibility index (Phi) is 3.66. The van der Waals surface area contributed by atoms with Crippen molar-refractivity contribution in [2.24, 2.45) is 0 Å². The molecule has 0 aromatic carbocycles. The Morgan fingerprint density at radius 3 is 2.71 bits per heavy atom. The van der Waals surface area contributed by atoms with Crippen LogP contribution < -0.4 is 0 Å². The number of aromatic nitrogens is 3. The predicted octanol–water partition coefficient (Wildman–Crippen LogP) is 3.35. The van der Waals surface area contributed by atoms with Gasteiger partial charge in [-0.1, -0.05) is 0 Å². The highest BCUT2D eigenvalue weighted by atomic mass is 79.9. The standard InChI is InChI=1S/C9H10BrN3.BrH/c1-6(2)13-9(10)8-7(12-13)4-3-5-11-8;/h3-6H,1-2H3;1H. The molecule has 0 spiro atoms. The minimum atomic E-state index is 0. The minimum absolute atomic E-state index is 0. The monoisotopic (exact) mass is 319 g/mol. The van der Waals surface area contributed by atoms with Gasteiger partial charge >= 0.3 is 0 Å². The Bertz CT molecular complexity index is 437. The summed E-state index contributed by atoms with van der Waals surface area (Å²) in [6.45, 7) is 4.19. The smallest absolute Gasteiger partial charge is 0.130 e. The molecule has 0 atom stereocenters. The molecule has 0 fully saturated rings. The summed E-state index contributed by atoms with van der Waals surface area (Å²) >= 11 is 3.49. The van der Waals surface area contributed by atoms with E-state index in [1.54, 1.807) is 6.20 Å². The molecular weight excluding hydrogens is 310 g/mol. The summed E-state index contributed by atoms with van der Waals surface area (Å²) < 4.78 is 2.88. The summed E-state index contributed by atoms with van der Waals surface area (Å²) in [7, 11) is 0. The molecule has 2 rings (SSSR count). The van der Waals surface area contributed by atoms with E-state index < -0.39 is 0 Å². The SMILES string of the molecule is Br.CC(C)n1nc2cccnc2c1Br. The van der Waals surface area contributed by atoms with Gasteiger partial charge in [0.15, 0.2) is 0 Å².